The van der Waals surface area contributed by atoms with E-state index in [1.807, 2.05) is 0 Å². The number of hydrogen-bond acceptors (Lipinski definition) is 4. The largest absolute Gasteiger partial charge is 0.378 e. The molecule has 0 bridgehead atoms. The van der Waals surface area contributed by atoms with Gasteiger partial charge in [-0.25, -0.2) is 5.01 Å². The number of hydrazine groups is 1. The minimum absolute atomic E-state index is 0.110. The maximum Gasteiger partial charge on any atom is 0.0863 e. The Labute approximate surface area is 61.1 Å². The second-order valence-electron chi connectivity index (χ2n) is 2.72. The summed E-state index contributed by atoms with van der Waals surface area (Å²) >= 11 is 0. The van der Waals surface area contributed by atoms with E-state index in [-0.39, 0.29) is 12.1 Å². The molecule has 4 nitrogen and oxygen atoms in total. The maximum atomic E-state index is 5.74. The topological polar surface area (TPSA) is 64.5 Å². The van der Waals surface area contributed by atoms with Crippen LogP contribution in [0.4, 0.5) is 0 Å². The Morgan fingerprint density at radius 2 is 2.30 bits per heavy atom. The van der Waals surface area contributed by atoms with Gasteiger partial charge in [-0.2, -0.15) is 0 Å². The van der Waals surface area contributed by atoms with E-state index >= 15 is 0 Å². The van der Waals surface area contributed by atoms with Crippen LogP contribution < -0.4 is 11.6 Å². The van der Waals surface area contributed by atoms with Crippen LogP contribution in [0.2, 0.25) is 0 Å². The monoisotopic (exact) mass is 145 g/mol. The molecule has 4 N–H and O–H groups in total. The Balaban J connectivity index is 2.38. The van der Waals surface area contributed by atoms with Crippen molar-refractivity contribution in [3.05, 3.63) is 0 Å². The quantitative estimate of drug-likeness (QED) is 0.460. The highest BCUT2D eigenvalue weighted by molar-refractivity contribution is 4.81. The van der Waals surface area contributed by atoms with Crippen molar-refractivity contribution in [1.29, 1.82) is 0 Å². The molecule has 0 aliphatic carbocycles. The highest BCUT2D eigenvalue weighted by Gasteiger charge is 2.24. The van der Waals surface area contributed by atoms with Gasteiger partial charge >= 0.3 is 0 Å². The lowest BCUT2D eigenvalue weighted by molar-refractivity contribution is 0.0166. The first kappa shape index (κ1) is 7.94. The van der Waals surface area contributed by atoms with E-state index < -0.39 is 0 Å². The molecule has 60 valence electrons. The number of rotatable bonds is 1. The smallest absolute Gasteiger partial charge is 0.0863 e. The molecule has 1 rings (SSSR count). The zero-order valence-corrected chi connectivity index (χ0v) is 6.29. The zero-order chi connectivity index (χ0) is 7.56. The van der Waals surface area contributed by atoms with Crippen molar-refractivity contribution in [1.82, 2.24) is 5.01 Å². The molecule has 4 heteroatoms. The normalized spacial score (nSPS) is 36.3. The average Bonchev–Trinajstić information content (AvgIpc) is 1.94. The Morgan fingerprint density at radius 1 is 1.60 bits per heavy atom. The Hall–Kier alpha value is -0.160. The molecular formula is C6H15N3O. The lowest BCUT2D eigenvalue weighted by Gasteiger charge is -2.32. The Morgan fingerprint density at radius 3 is 2.80 bits per heavy atom. The van der Waals surface area contributed by atoms with E-state index in [1.54, 1.807) is 12.1 Å². The molecule has 0 aromatic rings. The molecule has 1 aliphatic rings. The molecule has 1 heterocycles. The van der Waals surface area contributed by atoms with Crippen molar-refractivity contribution in [2.75, 3.05) is 20.2 Å². The van der Waals surface area contributed by atoms with Gasteiger partial charge in [-0.3, -0.25) is 5.84 Å². The van der Waals surface area contributed by atoms with Crippen LogP contribution in [0.25, 0.3) is 0 Å². The Kier molecular flexibility index (Phi) is 2.62. The van der Waals surface area contributed by atoms with Crippen LogP contribution in [-0.2, 0) is 4.74 Å². The lowest BCUT2D eigenvalue weighted by atomic mass is 10.0. The summed E-state index contributed by atoms with van der Waals surface area (Å²) in [5.74, 6) is 5.56. The van der Waals surface area contributed by atoms with Gasteiger partial charge in [0, 0.05) is 26.2 Å². The zero-order valence-electron chi connectivity index (χ0n) is 6.29. The van der Waals surface area contributed by atoms with Crippen LogP contribution >= 0.6 is 0 Å². The first-order chi connectivity index (χ1) is 4.74. The number of hydrogen-bond donors (Lipinski definition) is 2. The summed E-state index contributed by atoms with van der Waals surface area (Å²) in [5, 5.41) is 1.75. The molecule has 0 radical (unpaired) electrons. The molecule has 0 aromatic carbocycles. The molecule has 0 unspecified atom stereocenters. The van der Waals surface area contributed by atoms with Crippen molar-refractivity contribution in [3.8, 4) is 0 Å². The van der Waals surface area contributed by atoms with Gasteiger partial charge in [0.05, 0.1) is 6.10 Å². The fraction of sp³-hybridized carbons (Fsp3) is 1.00. The van der Waals surface area contributed by atoms with E-state index in [2.05, 4.69) is 0 Å². The number of ether oxygens (including phenoxy) is 1. The molecule has 2 atom stereocenters. The number of nitrogens with zero attached hydrogens (tertiary/aromatic N) is 1. The fourth-order valence-electron chi connectivity index (χ4n) is 1.21. The van der Waals surface area contributed by atoms with Crippen LogP contribution in [0.5, 0.6) is 0 Å². The standard InChI is InChI=1S/C6H15N3O/c1-10-6-4-9(8)3-2-5(6)7/h5-6H,2-4,7-8H2,1H3/t5-,6-/m1/s1. The predicted molar refractivity (Wildman–Crippen MR) is 39.1 cm³/mol. The summed E-state index contributed by atoms with van der Waals surface area (Å²) < 4.78 is 5.13. The lowest BCUT2D eigenvalue weighted by Crippen LogP contribution is -2.53. The summed E-state index contributed by atoms with van der Waals surface area (Å²) in [7, 11) is 1.67. The van der Waals surface area contributed by atoms with Crippen molar-refractivity contribution in [2.45, 2.75) is 18.6 Å². The SMILES string of the molecule is CO[C@@H]1CN(N)CC[C@H]1N. The molecule has 0 aromatic heterocycles. The Bertz CT molecular complexity index is 109. The molecule has 0 spiro atoms. The third-order valence-electron chi connectivity index (χ3n) is 1.94. The molecule has 0 saturated carbocycles. The number of nitrogens with two attached hydrogens (primary N) is 2. The van der Waals surface area contributed by atoms with Gasteiger partial charge in [0.2, 0.25) is 0 Å². The summed E-state index contributed by atoms with van der Waals surface area (Å²) in [6, 6.07) is 0.157. The minimum Gasteiger partial charge on any atom is -0.378 e. The van der Waals surface area contributed by atoms with Gasteiger partial charge in [0.15, 0.2) is 0 Å². The fourth-order valence-corrected chi connectivity index (χ4v) is 1.21. The van der Waals surface area contributed by atoms with Crippen molar-refractivity contribution in [3.63, 3.8) is 0 Å². The summed E-state index contributed by atoms with van der Waals surface area (Å²) in [6.45, 7) is 1.62. The van der Waals surface area contributed by atoms with E-state index in [0.717, 1.165) is 19.5 Å². The van der Waals surface area contributed by atoms with Crippen LogP contribution in [0, 0.1) is 0 Å². The van der Waals surface area contributed by atoms with Crippen LogP contribution in [0.1, 0.15) is 6.42 Å². The molecule has 1 aliphatic heterocycles. The minimum atomic E-state index is 0.110. The van der Waals surface area contributed by atoms with Crippen LogP contribution in [0.15, 0.2) is 0 Å². The number of methoxy groups -OCH3 is 1. The third kappa shape index (κ3) is 1.67. The van der Waals surface area contributed by atoms with Gasteiger partial charge in [-0.15, -0.1) is 0 Å². The highest BCUT2D eigenvalue weighted by atomic mass is 16.5. The molecule has 1 saturated heterocycles. The van der Waals surface area contributed by atoms with Gasteiger partial charge in [-0.05, 0) is 6.42 Å². The van der Waals surface area contributed by atoms with E-state index in [9.17, 15) is 0 Å². The van der Waals surface area contributed by atoms with Crippen molar-refractivity contribution in [2.24, 2.45) is 11.6 Å². The molecule has 1 fully saturated rings. The summed E-state index contributed by atoms with van der Waals surface area (Å²) in [4.78, 5) is 0. The average molecular weight is 145 g/mol. The number of piperidine rings is 1. The van der Waals surface area contributed by atoms with Crippen molar-refractivity contribution >= 4 is 0 Å². The first-order valence-electron chi connectivity index (χ1n) is 3.52. The predicted octanol–water partition coefficient (Wildman–Crippen LogP) is -1.09. The first-order valence-corrected chi connectivity index (χ1v) is 3.52. The van der Waals surface area contributed by atoms with Gasteiger partial charge < -0.3 is 10.5 Å². The van der Waals surface area contributed by atoms with Gasteiger partial charge in [0.25, 0.3) is 0 Å². The van der Waals surface area contributed by atoms with E-state index in [4.69, 9.17) is 16.3 Å². The third-order valence-corrected chi connectivity index (χ3v) is 1.94. The van der Waals surface area contributed by atoms with Crippen molar-refractivity contribution < 1.29 is 4.74 Å². The van der Waals surface area contributed by atoms with E-state index in [1.165, 1.54) is 0 Å². The highest BCUT2D eigenvalue weighted by Crippen LogP contribution is 2.07. The van der Waals surface area contributed by atoms with Crippen LogP contribution in [-0.4, -0.2) is 37.4 Å². The second kappa shape index (κ2) is 3.30. The van der Waals surface area contributed by atoms with E-state index in [0.29, 0.717) is 0 Å². The molecular weight excluding hydrogens is 130 g/mol. The second-order valence-corrected chi connectivity index (χ2v) is 2.72. The summed E-state index contributed by atoms with van der Waals surface area (Å²) in [6.07, 6.45) is 1.04. The molecule has 10 heavy (non-hydrogen) atoms. The van der Waals surface area contributed by atoms with Crippen LogP contribution in [0.3, 0.4) is 0 Å². The molecule has 0 amide bonds. The maximum absolute atomic E-state index is 5.74. The summed E-state index contributed by atoms with van der Waals surface area (Å²) in [5.41, 5.74) is 5.74. The van der Waals surface area contributed by atoms with Gasteiger partial charge in [-0.1, -0.05) is 0 Å². The van der Waals surface area contributed by atoms with Gasteiger partial charge in [0.1, 0.15) is 0 Å².